The van der Waals surface area contributed by atoms with Crippen molar-refractivity contribution in [3.05, 3.63) is 17.5 Å². The highest BCUT2D eigenvalue weighted by Gasteiger charge is 2.36. The molecule has 1 fully saturated rings. The van der Waals surface area contributed by atoms with E-state index < -0.39 is 5.97 Å². The fraction of sp³-hybridized carbons (Fsp3) is 0.636. The molecule has 0 radical (unpaired) electrons. The van der Waals surface area contributed by atoms with Crippen molar-refractivity contribution >= 4 is 5.97 Å². The Morgan fingerprint density at radius 3 is 2.69 bits per heavy atom. The van der Waals surface area contributed by atoms with Crippen LogP contribution in [0.5, 0.6) is 0 Å². The molecule has 0 aliphatic carbocycles. The second kappa shape index (κ2) is 3.59. The van der Waals surface area contributed by atoms with Crippen LogP contribution in [0.15, 0.2) is 6.07 Å². The fourth-order valence-corrected chi connectivity index (χ4v) is 2.54. The van der Waals surface area contributed by atoms with Gasteiger partial charge in [-0.3, -0.25) is 4.68 Å². The van der Waals surface area contributed by atoms with E-state index in [1.807, 2.05) is 7.05 Å². The lowest BCUT2D eigenvalue weighted by Crippen LogP contribution is -2.28. The predicted octanol–water partition coefficient (Wildman–Crippen LogP) is 0.711. The van der Waals surface area contributed by atoms with Gasteiger partial charge < -0.3 is 10.0 Å². The quantitative estimate of drug-likeness (QED) is 0.802. The van der Waals surface area contributed by atoms with Crippen molar-refractivity contribution in [2.45, 2.75) is 18.8 Å². The average Bonchev–Trinajstić information content (AvgIpc) is 2.71. The number of aromatic nitrogens is 2. The van der Waals surface area contributed by atoms with Crippen molar-refractivity contribution in [1.82, 2.24) is 14.7 Å². The highest BCUT2D eigenvalue weighted by Crippen LogP contribution is 2.33. The monoisotopic (exact) mass is 223 g/mol. The van der Waals surface area contributed by atoms with E-state index in [9.17, 15) is 4.79 Å². The summed E-state index contributed by atoms with van der Waals surface area (Å²) in [6.45, 7) is 4.16. The van der Waals surface area contributed by atoms with Gasteiger partial charge in [0.05, 0.1) is 0 Å². The Morgan fingerprint density at radius 2 is 2.25 bits per heavy atom. The third kappa shape index (κ3) is 1.71. The molecular formula is C11H17N3O2. The van der Waals surface area contributed by atoms with Gasteiger partial charge in [-0.2, -0.15) is 5.10 Å². The minimum absolute atomic E-state index is 0.0181. The zero-order valence-electron chi connectivity index (χ0n) is 9.90. The molecule has 1 N–H and O–H groups in total. The Balaban J connectivity index is 2.37. The van der Waals surface area contributed by atoms with Gasteiger partial charge in [-0.25, -0.2) is 4.79 Å². The molecule has 1 unspecified atom stereocenters. The third-order valence-electron chi connectivity index (χ3n) is 3.38. The summed E-state index contributed by atoms with van der Waals surface area (Å²) < 4.78 is 1.70. The lowest BCUT2D eigenvalue weighted by atomic mass is 9.85. The Kier molecular flexibility index (Phi) is 2.50. The molecule has 0 aromatic carbocycles. The number of likely N-dealkylation sites (N-methyl/N-ethyl adjacent to an activating group) is 1. The van der Waals surface area contributed by atoms with Gasteiger partial charge in [0.15, 0.2) is 5.69 Å². The standard InChI is InChI=1S/C11H17N3O2/c1-11(4-5-13(2)7-11)9-6-8(10(15)16)12-14(9)3/h6H,4-5,7H2,1-3H3,(H,15,16). The Morgan fingerprint density at radius 1 is 1.56 bits per heavy atom. The van der Waals surface area contributed by atoms with Crippen LogP contribution in [0, 0.1) is 0 Å². The van der Waals surface area contributed by atoms with Gasteiger partial charge >= 0.3 is 5.97 Å². The number of carboxylic acids is 1. The average molecular weight is 223 g/mol. The molecule has 5 heteroatoms. The number of rotatable bonds is 2. The number of likely N-dealkylation sites (tertiary alicyclic amines) is 1. The lowest BCUT2D eigenvalue weighted by Gasteiger charge is -2.23. The number of carbonyl (C=O) groups is 1. The molecule has 0 bridgehead atoms. The first kappa shape index (κ1) is 11.1. The molecule has 1 saturated heterocycles. The molecule has 88 valence electrons. The molecule has 16 heavy (non-hydrogen) atoms. The molecule has 0 amide bonds. The van der Waals surface area contributed by atoms with Crippen LogP contribution >= 0.6 is 0 Å². The van der Waals surface area contributed by atoms with Crippen molar-refractivity contribution in [2.75, 3.05) is 20.1 Å². The maximum atomic E-state index is 10.9. The smallest absolute Gasteiger partial charge is 0.356 e. The molecule has 0 spiro atoms. The molecule has 1 atom stereocenters. The summed E-state index contributed by atoms with van der Waals surface area (Å²) in [4.78, 5) is 13.1. The van der Waals surface area contributed by atoms with Gasteiger partial charge in [-0.1, -0.05) is 6.92 Å². The molecule has 1 aliphatic rings. The van der Waals surface area contributed by atoms with Crippen LogP contribution in [0.3, 0.4) is 0 Å². The largest absolute Gasteiger partial charge is 0.476 e. The normalized spacial score (nSPS) is 26.2. The zero-order valence-corrected chi connectivity index (χ0v) is 9.90. The van der Waals surface area contributed by atoms with Gasteiger partial charge in [0.25, 0.3) is 0 Å². The number of carboxylic acid groups (broad SMARTS) is 1. The summed E-state index contributed by atoms with van der Waals surface area (Å²) in [6.07, 6.45) is 1.04. The number of nitrogens with zero attached hydrogens (tertiary/aromatic N) is 3. The number of hydrogen-bond acceptors (Lipinski definition) is 3. The summed E-state index contributed by atoms with van der Waals surface area (Å²) in [6, 6.07) is 1.70. The van der Waals surface area contributed by atoms with E-state index in [1.165, 1.54) is 0 Å². The topological polar surface area (TPSA) is 58.4 Å². The first-order valence-corrected chi connectivity index (χ1v) is 5.39. The summed E-state index contributed by atoms with van der Waals surface area (Å²) in [5.41, 5.74) is 1.16. The summed E-state index contributed by atoms with van der Waals surface area (Å²) in [5, 5.41) is 12.9. The highest BCUT2D eigenvalue weighted by molar-refractivity contribution is 5.85. The maximum Gasteiger partial charge on any atom is 0.356 e. The van der Waals surface area contributed by atoms with Gasteiger partial charge in [0.1, 0.15) is 0 Å². The fourth-order valence-electron chi connectivity index (χ4n) is 2.54. The van der Waals surface area contributed by atoms with Crippen LogP contribution in [0.4, 0.5) is 0 Å². The third-order valence-corrected chi connectivity index (χ3v) is 3.38. The second-order valence-electron chi connectivity index (χ2n) is 4.89. The molecule has 1 aromatic rings. The van der Waals surface area contributed by atoms with Crippen molar-refractivity contribution in [3.8, 4) is 0 Å². The van der Waals surface area contributed by atoms with Gasteiger partial charge in [0, 0.05) is 24.7 Å². The van der Waals surface area contributed by atoms with Crippen LogP contribution in [0.1, 0.15) is 29.5 Å². The van der Waals surface area contributed by atoms with E-state index in [2.05, 4.69) is 24.0 Å². The SMILES string of the molecule is CN1CCC(C)(c2cc(C(=O)O)nn2C)C1. The van der Waals surface area contributed by atoms with Crippen molar-refractivity contribution in [2.24, 2.45) is 7.05 Å². The number of aryl methyl sites for hydroxylation is 1. The zero-order chi connectivity index (χ0) is 11.9. The Labute approximate surface area is 94.7 Å². The summed E-state index contributed by atoms with van der Waals surface area (Å²) >= 11 is 0. The van der Waals surface area contributed by atoms with Crippen molar-refractivity contribution in [1.29, 1.82) is 0 Å². The van der Waals surface area contributed by atoms with Crippen LogP contribution in [-0.4, -0.2) is 45.9 Å². The second-order valence-corrected chi connectivity index (χ2v) is 4.89. The first-order valence-electron chi connectivity index (χ1n) is 5.39. The minimum atomic E-state index is -0.961. The van der Waals surface area contributed by atoms with Crippen LogP contribution in [-0.2, 0) is 12.5 Å². The minimum Gasteiger partial charge on any atom is -0.476 e. The predicted molar refractivity (Wildman–Crippen MR) is 59.6 cm³/mol. The van der Waals surface area contributed by atoms with E-state index in [0.29, 0.717) is 0 Å². The Hall–Kier alpha value is -1.36. The molecule has 2 rings (SSSR count). The van der Waals surface area contributed by atoms with Gasteiger partial charge in [-0.05, 0) is 26.1 Å². The van der Waals surface area contributed by atoms with E-state index in [0.717, 1.165) is 25.2 Å². The van der Waals surface area contributed by atoms with Gasteiger partial charge in [0.2, 0.25) is 0 Å². The van der Waals surface area contributed by atoms with Crippen molar-refractivity contribution in [3.63, 3.8) is 0 Å². The van der Waals surface area contributed by atoms with E-state index in [4.69, 9.17) is 5.11 Å². The van der Waals surface area contributed by atoms with E-state index in [1.54, 1.807) is 10.7 Å². The van der Waals surface area contributed by atoms with E-state index >= 15 is 0 Å². The van der Waals surface area contributed by atoms with E-state index in [-0.39, 0.29) is 11.1 Å². The van der Waals surface area contributed by atoms with Crippen LogP contribution in [0.25, 0.3) is 0 Å². The molecule has 2 heterocycles. The molecule has 5 nitrogen and oxygen atoms in total. The molecule has 1 aromatic heterocycles. The van der Waals surface area contributed by atoms with Crippen LogP contribution < -0.4 is 0 Å². The van der Waals surface area contributed by atoms with Crippen molar-refractivity contribution < 1.29 is 9.90 Å². The lowest BCUT2D eigenvalue weighted by molar-refractivity contribution is 0.0689. The molecule has 0 saturated carbocycles. The van der Waals surface area contributed by atoms with Crippen LogP contribution in [0.2, 0.25) is 0 Å². The van der Waals surface area contributed by atoms with Gasteiger partial charge in [-0.15, -0.1) is 0 Å². The number of aromatic carboxylic acids is 1. The molecule has 1 aliphatic heterocycles. The number of hydrogen-bond donors (Lipinski definition) is 1. The molecular weight excluding hydrogens is 206 g/mol. The summed E-state index contributed by atoms with van der Waals surface area (Å²) in [7, 11) is 3.89. The highest BCUT2D eigenvalue weighted by atomic mass is 16.4. The summed E-state index contributed by atoms with van der Waals surface area (Å²) in [5.74, 6) is -0.961. The first-order chi connectivity index (χ1) is 7.42. The maximum absolute atomic E-state index is 10.9. The Bertz CT molecular complexity index is 427.